The van der Waals surface area contributed by atoms with Gasteiger partial charge in [-0.3, -0.25) is 14.3 Å². The lowest BCUT2D eigenvalue weighted by molar-refractivity contribution is -0.170. The summed E-state index contributed by atoms with van der Waals surface area (Å²) in [6.07, 6.45) is -2.15. The minimum atomic E-state index is -1.30. The summed E-state index contributed by atoms with van der Waals surface area (Å²) in [5, 5.41) is 28.7. The molecule has 2 rings (SSSR count). The second-order valence-corrected chi connectivity index (χ2v) is 4.58. The number of hydrogen-bond acceptors (Lipinski definition) is 6. The quantitative estimate of drug-likeness (QED) is 0.471. The van der Waals surface area contributed by atoms with Gasteiger partial charge in [0.25, 0.3) is 5.56 Å². The van der Waals surface area contributed by atoms with Crippen LogP contribution in [-0.4, -0.2) is 56.4 Å². The fourth-order valence-electron chi connectivity index (χ4n) is 2.10. The third-order valence-corrected chi connectivity index (χ3v) is 3.29. The molecule has 1 aromatic heterocycles. The van der Waals surface area contributed by atoms with Crippen LogP contribution in [0.5, 0.6) is 0 Å². The molecule has 4 atom stereocenters. The average molecular weight is 272 g/mol. The van der Waals surface area contributed by atoms with Crippen LogP contribution in [0.4, 0.5) is 0 Å². The van der Waals surface area contributed by atoms with E-state index in [0.717, 1.165) is 4.57 Å². The zero-order chi connectivity index (χ0) is 14.2. The van der Waals surface area contributed by atoms with E-state index in [9.17, 15) is 19.8 Å². The number of nitrogens with zero attached hydrogens (tertiary/aromatic N) is 1. The molecule has 1 saturated heterocycles. The molecular weight excluding hydrogens is 256 g/mol. The molecule has 1 aliphatic heterocycles. The van der Waals surface area contributed by atoms with E-state index in [1.807, 2.05) is 0 Å². The molecule has 0 unspecified atom stereocenters. The Morgan fingerprint density at radius 2 is 2.11 bits per heavy atom. The Hall–Kier alpha value is -1.48. The Morgan fingerprint density at radius 1 is 1.42 bits per heavy atom. The summed E-state index contributed by atoms with van der Waals surface area (Å²) < 4.78 is 6.31. The van der Waals surface area contributed by atoms with E-state index in [1.165, 1.54) is 13.1 Å². The molecule has 0 aliphatic carbocycles. The maximum absolute atomic E-state index is 11.7. The maximum atomic E-state index is 11.7. The highest BCUT2D eigenvalue weighted by atomic mass is 16.5. The predicted molar refractivity (Wildman–Crippen MR) is 63.9 cm³/mol. The van der Waals surface area contributed by atoms with Crippen molar-refractivity contribution in [1.82, 2.24) is 9.55 Å². The first-order chi connectivity index (χ1) is 8.95. The number of aliphatic hydroxyl groups is 3. The van der Waals surface area contributed by atoms with Gasteiger partial charge in [-0.15, -0.1) is 0 Å². The number of aromatic nitrogens is 2. The van der Waals surface area contributed by atoms with Crippen LogP contribution in [0, 0.1) is 6.92 Å². The first kappa shape index (κ1) is 13.9. The van der Waals surface area contributed by atoms with Gasteiger partial charge in [0.2, 0.25) is 0 Å². The minimum absolute atomic E-state index is 0.0468. The SMILES string of the molecule is Cc1cn([C@@H]2CO[C@H](CO)[C@@H](O)[C@H]2O)c(=O)[nH]c1=O. The predicted octanol–water partition coefficient (Wildman–Crippen LogP) is -2.50. The molecule has 0 saturated carbocycles. The molecule has 1 fully saturated rings. The number of rotatable bonds is 2. The highest BCUT2D eigenvalue weighted by Gasteiger charge is 2.39. The largest absolute Gasteiger partial charge is 0.394 e. The van der Waals surface area contributed by atoms with Crippen LogP contribution in [0.1, 0.15) is 11.6 Å². The molecular formula is C11H16N2O6. The van der Waals surface area contributed by atoms with Crippen molar-refractivity contribution in [3.05, 3.63) is 32.6 Å². The zero-order valence-corrected chi connectivity index (χ0v) is 10.3. The van der Waals surface area contributed by atoms with Gasteiger partial charge >= 0.3 is 5.69 Å². The van der Waals surface area contributed by atoms with Gasteiger partial charge in [-0.25, -0.2) is 4.79 Å². The Bertz CT molecular complexity index is 565. The molecule has 4 N–H and O–H groups in total. The van der Waals surface area contributed by atoms with E-state index in [2.05, 4.69) is 4.98 Å². The van der Waals surface area contributed by atoms with Crippen LogP contribution in [0.2, 0.25) is 0 Å². The van der Waals surface area contributed by atoms with Crippen LogP contribution >= 0.6 is 0 Å². The van der Waals surface area contributed by atoms with Crippen LogP contribution in [0.3, 0.4) is 0 Å². The molecule has 8 heteroatoms. The molecule has 0 aromatic carbocycles. The number of hydrogen-bond donors (Lipinski definition) is 4. The summed E-state index contributed by atoms with van der Waals surface area (Å²) in [6, 6.07) is -0.819. The Morgan fingerprint density at radius 3 is 2.74 bits per heavy atom. The molecule has 8 nitrogen and oxygen atoms in total. The molecule has 1 aliphatic rings. The number of nitrogens with one attached hydrogen (secondary N) is 1. The van der Waals surface area contributed by atoms with Crippen molar-refractivity contribution >= 4 is 0 Å². The summed E-state index contributed by atoms with van der Waals surface area (Å²) in [4.78, 5) is 25.1. The lowest BCUT2D eigenvalue weighted by Gasteiger charge is -2.37. The lowest BCUT2D eigenvalue weighted by Crippen LogP contribution is -2.54. The van der Waals surface area contributed by atoms with Crippen LogP contribution in [0.25, 0.3) is 0 Å². The van der Waals surface area contributed by atoms with Crippen molar-refractivity contribution in [2.75, 3.05) is 13.2 Å². The van der Waals surface area contributed by atoms with Gasteiger partial charge in [0.15, 0.2) is 0 Å². The summed E-state index contributed by atoms with van der Waals surface area (Å²) in [6.45, 7) is 1.05. The third-order valence-electron chi connectivity index (χ3n) is 3.29. The number of aryl methyl sites for hydroxylation is 1. The van der Waals surface area contributed by atoms with Gasteiger partial charge in [-0.1, -0.05) is 0 Å². The molecule has 2 heterocycles. The lowest BCUT2D eigenvalue weighted by atomic mass is 9.98. The molecule has 0 bridgehead atoms. The Labute approximate surface area is 107 Å². The van der Waals surface area contributed by atoms with Gasteiger partial charge < -0.3 is 20.1 Å². The monoisotopic (exact) mass is 272 g/mol. The van der Waals surface area contributed by atoms with E-state index < -0.39 is 42.2 Å². The molecule has 106 valence electrons. The standard InChI is InChI=1S/C11H16N2O6/c1-5-2-13(11(18)12-10(5)17)6-4-19-7(3-14)9(16)8(6)15/h2,6-9,14-16H,3-4H2,1H3,(H,12,17,18)/t6-,7-,8+,9-/m1/s1. The molecule has 1 aromatic rings. The molecule has 19 heavy (non-hydrogen) atoms. The van der Waals surface area contributed by atoms with Gasteiger partial charge in [0, 0.05) is 11.8 Å². The fraction of sp³-hybridized carbons (Fsp3) is 0.636. The number of aliphatic hydroxyl groups excluding tert-OH is 3. The van der Waals surface area contributed by atoms with Crippen molar-refractivity contribution in [3.8, 4) is 0 Å². The maximum Gasteiger partial charge on any atom is 0.328 e. The molecule has 0 amide bonds. The van der Waals surface area contributed by atoms with Crippen LogP contribution in [-0.2, 0) is 4.74 Å². The summed E-state index contributed by atoms with van der Waals surface area (Å²) in [7, 11) is 0. The van der Waals surface area contributed by atoms with Crippen molar-refractivity contribution in [2.24, 2.45) is 0 Å². The topological polar surface area (TPSA) is 125 Å². The fourth-order valence-corrected chi connectivity index (χ4v) is 2.10. The normalized spacial score (nSPS) is 31.4. The van der Waals surface area contributed by atoms with E-state index in [-0.39, 0.29) is 6.61 Å². The minimum Gasteiger partial charge on any atom is -0.394 e. The zero-order valence-electron chi connectivity index (χ0n) is 10.3. The van der Waals surface area contributed by atoms with Crippen molar-refractivity contribution in [2.45, 2.75) is 31.3 Å². The van der Waals surface area contributed by atoms with Crippen molar-refractivity contribution in [3.63, 3.8) is 0 Å². The molecule has 0 spiro atoms. The summed E-state index contributed by atoms with van der Waals surface area (Å²) in [5.74, 6) is 0. The Kier molecular flexibility index (Phi) is 3.85. The van der Waals surface area contributed by atoms with Crippen LogP contribution < -0.4 is 11.2 Å². The first-order valence-corrected chi connectivity index (χ1v) is 5.86. The van der Waals surface area contributed by atoms with Gasteiger partial charge in [0.05, 0.1) is 19.3 Å². The van der Waals surface area contributed by atoms with E-state index in [4.69, 9.17) is 9.84 Å². The smallest absolute Gasteiger partial charge is 0.328 e. The highest BCUT2D eigenvalue weighted by Crippen LogP contribution is 2.23. The van der Waals surface area contributed by atoms with E-state index >= 15 is 0 Å². The molecule has 0 radical (unpaired) electrons. The van der Waals surface area contributed by atoms with E-state index in [0.29, 0.717) is 5.56 Å². The Balaban J connectivity index is 2.35. The third kappa shape index (κ3) is 2.47. The van der Waals surface area contributed by atoms with E-state index in [1.54, 1.807) is 0 Å². The first-order valence-electron chi connectivity index (χ1n) is 5.86. The van der Waals surface area contributed by atoms with Crippen LogP contribution in [0.15, 0.2) is 15.8 Å². The van der Waals surface area contributed by atoms with Gasteiger partial charge in [-0.05, 0) is 6.92 Å². The summed E-state index contributed by atoms with van der Waals surface area (Å²) in [5.41, 5.74) is -0.871. The van der Waals surface area contributed by atoms with Gasteiger partial charge in [-0.2, -0.15) is 0 Å². The van der Waals surface area contributed by atoms with Crippen molar-refractivity contribution in [1.29, 1.82) is 0 Å². The number of aromatic amines is 1. The second-order valence-electron chi connectivity index (χ2n) is 4.58. The van der Waals surface area contributed by atoms with Crippen molar-refractivity contribution < 1.29 is 20.1 Å². The number of H-pyrrole nitrogens is 1. The van der Waals surface area contributed by atoms with Gasteiger partial charge in [0.1, 0.15) is 18.3 Å². The average Bonchev–Trinajstić information content (AvgIpc) is 2.37. The number of ether oxygens (including phenoxy) is 1. The second kappa shape index (κ2) is 5.25. The summed E-state index contributed by atoms with van der Waals surface area (Å²) >= 11 is 0. The highest BCUT2D eigenvalue weighted by molar-refractivity contribution is 5.03.